The molecule has 150 valence electrons. The Morgan fingerprint density at radius 2 is 2.03 bits per heavy atom. The van der Waals surface area contributed by atoms with Crippen LogP contribution in [0.5, 0.6) is 0 Å². The van der Waals surface area contributed by atoms with Gasteiger partial charge in [-0.1, -0.05) is 0 Å². The van der Waals surface area contributed by atoms with Gasteiger partial charge in [-0.15, -0.1) is 0 Å². The van der Waals surface area contributed by atoms with Crippen LogP contribution in [-0.2, 0) is 0 Å². The average Bonchev–Trinajstić information content (AvgIpc) is 3.24. The third-order valence-electron chi connectivity index (χ3n) is 5.72. The van der Waals surface area contributed by atoms with Crippen LogP contribution in [0.3, 0.4) is 0 Å². The summed E-state index contributed by atoms with van der Waals surface area (Å²) in [6, 6.07) is 7.33. The molecule has 4 heterocycles. The van der Waals surface area contributed by atoms with E-state index in [9.17, 15) is 14.4 Å². The number of piperazine rings is 1. The van der Waals surface area contributed by atoms with Crippen molar-refractivity contribution in [1.82, 2.24) is 19.8 Å². The van der Waals surface area contributed by atoms with Gasteiger partial charge in [0.1, 0.15) is 6.07 Å². The number of aromatic nitrogens is 2. The summed E-state index contributed by atoms with van der Waals surface area (Å²) in [6.45, 7) is 6.28. The second kappa shape index (κ2) is 8.13. The van der Waals surface area contributed by atoms with Crippen molar-refractivity contribution in [2.75, 3.05) is 44.2 Å². The van der Waals surface area contributed by atoms with Gasteiger partial charge in [-0.2, -0.15) is 5.26 Å². The molecule has 0 bridgehead atoms. The second-order valence-electron chi connectivity index (χ2n) is 7.51. The number of rotatable bonds is 3. The van der Waals surface area contributed by atoms with E-state index < -0.39 is 5.82 Å². The van der Waals surface area contributed by atoms with E-state index in [1.54, 1.807) is 11.1 Å². The summed E-state index contributed by atoms with van der Waals surface area (Å²) < 4.78 is 13.9. The number of aryl methyl sites for hydroxylation is 1. The molecule has 0 aliphatic carbocycles. The van der Waals surface area contributed by atoms with Crippen LogP contribution in [0, 0.1) is 24.1 Å². The maximum atomic E-state index is 13.9. The van der Waals surface area contributed by atoms with Gasteiger partial charge < -0.3 is 9.80 Å². The lowest BCUT2D eigenvalue weighted by Gasteiger charge is -2.38. The van der Waals surface area contributed by atoms with Crippen LogP contribution < -0.4 is 4.90 Å². The molecule has 0 spiro atoms. The average molecular weight is 394 g/mol. The number of anilines is 1. The van der Waals surface area contributed by atoms with Gasteiger partial charge in [0.15, 0.2) is 11.5 Å². The Kier molecular flexibility index (Phi) is 5.41. The Labute approximate surface area is 169 Å². The van der Waals surface area contributed by atoms with Gasteiger partial charge in [0.2, 0.25) is 0 Å². The summed E-state index contributed by atoms with van der Waals surface area (Å²) >= 11 is 0. The molecule has 2 aliphatic heterocycles. The van der Waals surface area contributed by atoms with Crippen LogP contribution >= 0.6 is 0 Å². The fraction of sp³-hybridized carbons (Fsp3) is 0.429. The number of amides is 1. The van der Waals surface area contributed by atoms with Gasteiger partial charge in [0.25, 0.3) is 5.91 Å². The van der Waals surface area contributed by atoms with Crippen LogP contribution in [0.15, 0.2) is 30.6 Å². The van der Waals surface area contributed by atoms with Crippen molar-refractivity contribution >= 4 is 11.6 Å². The molecule has 8 heteroatoms. The minimum Gasteiger partial charge on any atom is -0.369 e. The lowest BCUT2D eigenvalue weighted by atomic mass is 10.1. The van der Waals surface area contributed by atoms with E-state index in [1.807, 2.05) is 13.0 Å². The second-order valence-corrected chi connectivity index (χ2v) is 7.51. The fourth-order valence-electron chi connectivity index (χ4n) is 4.13. The molecule has 1 amide bonds. The third kappa shape index (κ3) is 3.91. The van der Waals surface area contributed by atoms with E-state index in [-0.39, 0.29) is 11.6 Å². The Balaban J connectivity index is 1.37. The van der Waals surface area contributed by atoms with Crippen LogP contribution in [0.4, 0.5) is 10.1 Å². The molecule has 0 aromatic carbocycles. The summed E-state index contributed by atoms with van der Waals surface area (Å²) in [7, 11) is 0. The van der Waals surface area contributed by atoms with Gasteiger partial charge in [-0.3, -0.25) is 14.7 Å². The summed E-state index contributed by atoms with van der Waals surface area (Å²) in [6.07, 6.45) is 4.09. The first-order chi connectivity index (χ1) is 14.1. The first-order valence-corrected chi connectivity index (χ1v) is 9.82. The number of nitrogens with zero attached hydrogens (tertiary/aromatic N) is 6. The number of nitriles is 1. The zero-order valence-electron chi connectivity index (χ0n) is 16.4. The molecule has 1 atom stereocenters. The lowest BCUT2D eigenvalue weighted by Crippen LogP contribution is -2.52. The van der Waals surface area contributed by atoms with E-state index in [4.69, 9.17) is 0 Å². The molecule has 2 aliphatic rings. The maximum Gasteiger partial charge on any atom is 0.275 e. The molecular weight excluding hydrogens is 371 g/mol. The Hall–Kier alpha value is -3.05. The SMILES string of the molecule is Cc1cc(N2CCC(N3CCN(C(=O)c4ncccc4F)CC3)C2)c(C#N)cn1. The molecule has 4 rings (SSSR count). The first-order valence-electron chi connectivity index (χ1n) is 9.82. The molecule has 29 heavy (non-hydrogen) atoms. The Morgan fingerprint density at radius 1 is 1.24 bits per heavy atom. The third-order valence-corrected chi connectivity index (χ3v) is 5.72. The fourth-order valence-corrected chi connectivity index (χ4v) is 4.13. The maximum absolute atomic E-state index is 13.9. The molecule has 2 saturated heterocycles. The molecule has 1 unspecified atom stereocenters. The quantitative estimate of drug-likeness (QED) is 0.791. The molecule has 0 saturated carbocycles. The summed E-state index contributed by atoms with van der Waals surface area (Å²) in [4.78, 5) is 27.0. The van der Waals surface area contributed by atoms with E-state index in [2.05, 4.69) is 25.8 Å². The number of hydrogen-bond acceptors (Lipinski definition) is 6. The highest BCUT2D eigenvalue weighted by molar-refractivity contribution is 5.92. The van der Waals surface area contributed by atoms with E-state index in [0.717, 1.165) is 44.0 Å². The minimum absolute atomic E-state index is 0.106. The van der Waals surface area contributed by atoms with Crippen molar-refractivity contribution in [3.05, 3.63) is 53.4 Å². The van der Waals surface area contributed by atoms with Crippen LogP contribution in [0.2, 0.25) is 0 Å². The summed E-state index contributed by atoms with van der Waals surface area (Å²) in [5.74, 6) is -0.922. The monoisotopic (exact) mass is 394 g/mol. The molecule has 2 fully saturated rings. The van der Waals surface area contributed by atoms with Crippen molar-refractivity contribution in [2.45, 2.75) is 19.4 Å². The highest BCUT2D eigenvalue weighted by Crippen LogP contribution is 2.27. The lowest BCUT2D eigenvalue weighted by molar-refractivity contribution is 0.0575. The minimum atomic E-state index is -0.577. The normalized spacial score (nSPS) is 20.0. The highest BCUT2D eigenvalue weighted by Gasteiger charge is 2.32. The molecule has 7 nitrogen and oxygen atoms in total. The molecule has 2 aromatic rings. The largest absolute Gasteiger partial charge is 0.369 e. The zero-order valence-corrected chi connectivity index (χ0v) is 16.4. The standard InChI is InChI=1S/C21H23FN6O/c1-15-11-19(16(12-23)13-25-15)28-6-4-17(14-28)26-7-9-27(10-8-26)21(29)20-18(22)3-2-5-24-20/h2-3,5,11,13,17H,4,6-10,14H2,1H3. The van der Waals surface area contributed by atoms with Crippen LogP contribution in [-0.4, -0.2) is 71.0 Å². The van der Waals surface area contributed by atoms with Crippen molar-refractivity contribution < 1.29 is 9.18 Å². The molecule has 0 N–H and O–H groups in total. The van der Waals surface area contributed by atoms with Gasteiger partial charge in [0, 0.05) is 63.4 Å². The summed E-state index contributed by atoms with van der Waals surface area (Å²) in [5.41, 5.74) is 2.34. The van der Waals surface area contributed by atoms with E-state index in [0.29, 0.717) is 24.7 Å². The van der Waals surface area contributed by atoms with Crippen LogP contribution in [0.1, 0.15) is 28.2 Å². The van der Waals surface area contributed by atoms with Crippen LogP contribution in [0.25, 0.3) is 0 Å². The predicted molar refractivity (Wildman–Crippen MR) is 106 cm³/mol. The van der Waals surface area contributed by atoms with E-state index in [1.165, 1.54) is 18.3 Å². The number of carbonyl (C=O) groups is 1. The van der Waals surface area contributed by atoms with Gasteiger partial charge in [-0.25, -0.2) is 9.37 Å². The number of hydrogen-bond donors (Lipinski definition) is 0. The topological polar surface area (TPSA) is 76.4 Å². The number of carbonyl (C=O) groups excluding carboxylic acids is 1. The van der Waals surface area contributed by atoms with Crippen molar-refractivity contribution in [2.24, 2.45) is 0 Å². The van der Waals surface area contributed by atoms with Gasteiger partial charge >= 0.3 is 0 Å². The molecular formula is C21H23FN6O. The Morgan fingerprint density at radius 3 is 2.76 bits per heavy atom. The zero-order chi connectivity index (χ0) is 20.4. The van der Waals surface area contributed by atoms with Crippen molar-refractivity contribution in [1.29, 1.82) is 5.26 Å². The van der Waals surface area contributed by atoms with Gasteiger partial charge in [-0.05, 0) is 31.5 Å². The molecule has 2 aromatic heterocycles. The van der Waals surface area contributed by atoms with Gasteiger partial charge in [0.05, 0.1) is 11.3 Å². The van der Waals surface area contributed by atoms with Crippen molar-refractivity contribution in [3.8, 4) is 6.07 Å². The number of pyridine rings is 2. The Bertz CT molecular complexity index is 950. The predicted octanol–water partition coefficient (Wildman–Crippen LogP) is 1.83. The number of halogens is 1. The molecule has 0 radical (unpaired) electrons. The van der Waals surface area contributed by atoms with Crippen molar-refractivity contribution in [3.63, 3.8) is 0 Å². The first kappa shape index (κ1) is 19.3. The van der Waals surface area contributed by atoms with E-state index >= 15 is 0 Å². The highest BCUT2D eigenvalue weighted by atomic mass is 19.1. The smallest absolute Gasteiger partial charge is 0.275 e. The summed E-state index contributed by atoms with van der Waals surface area (Å²) in [5, 5.41) is 9.38.